The minimum Gasteiger partial charge on any atom is -0.436 e. The Hall–Kier alpha value is -1.65. The van der Waals surface area contributed by atoms with Crippen molar-refractivity contribution in [3.8, 4) is 11.6 Å². The first kappa shape index (κ1) is 12.8. The van der Waals surface area contributed by atoms with E-state index in [2.05, 4.69) is 10.3 Å². The average Bonchev–Trinajstić information content (AvgIpc) is 2.35. The van der Waals surface area contributed by atoms with E-state index in [0.29, 0.717) is 5.75 Å². The van der Waals surface area contributed by atoms with Gasteiger partial charge in [-0.25, -0.2) is 9.37 Å². The van der Waals surface area contributed by atoms with Gasteiger partial charge in [0.25, 0.3) is 5.88 Å². The number of aromatic nitrogens is 1. The van der Waals surface area contributed by atoms with E-state index in [1.807, 2.05) is 19.2 Å². The summed E-state index contributed by atoms with van der Waals surface area (Å²) in [5.41, 5.74) is 1.12. The fourth-order valence-corrected chi connectivity index (χ4v) is 1.61. The molecule has 5 heteroatoms. The van der Waals surface area contributed by atoms with E-state index >= 15 is 0 Å². The number of halogens is 2. The molecule has 0 radical (unpaired) electrons. The molecule has 1 heterocycles. The van der Waals surface area contributed by atoms with Crippen molar-refractivity contribution in [3.63, 3.8) is 0 Å². The van der Waals surface area contributed by atoms with Gasteiger partial charge in [0.2, 0.25) is 0 Å². The highest BCUT2D eigenvalue weighted by Gasteiger charge is 2.07. The number of nitrogens with one attached hydrogen (secondary N) is 1. The molecule has 0 aliphatic rings. The van der Waals surface area contributed by atoms with Gasteiger partial charge < -0.3 is 10.1 Å². The zero-order valence-corrected chi connectivity index (χ0v) is 10.5. The molecule has 0 saturated heterocycles. The van der Waals surface area contributed by atoms with E-state index in [-0.39, 0.29) is 10.9 Å². The first-order chi connectivity index (χ1) is 8.69. The molecule has 0 unspecified atom stereocenters. The fraction of sp³-hybridized carbons (Fsp3) is 0.154. The minimum atomic E-state index is -0.582. The Balaban J connectivity index is 2.13. The molecule has 0 spiro atoms. The second kappa shape index (κ2) is 5.80. The molecule has 0 bridgehead atoms. The van der Waals surface area contributed by atoms with Gasteiger partial charge in [0, 0.05) is 12.7 Å². The average molecular weight is 267 g/mol. The van der Waals surface area contributed by atoms with Gasteiger partial charge in [-0.2, -0.15) is 0 Å². The lowest BCUT2D eigenvalue weighted by molar-refractivity contribution is 0.422. The molecule has 18 heavy (non-hydrogen) atoms. The number of rotatable bonds is 4. The maximum absolute atomic E-state index is 13.5. The van der Waals surface area contributed by atoms with Crippen molar-refractivity contribution < 1.29 is 9.13 Å². The van der Waals surface area contributed by atoms with Gasteiger partial charge >= 0.3 is 0 Å². The van der Waals surface area contributed by atoms with Crippen LogP contribution in [0.5, 0.6) is 11.6 Å². The molecule has 0 atom stereocenters. The molecule has 1 aromatic heterocycles. The van der Waals surface area contributed by atoms with E-state index in [9.17, 15) is 4.39 Å². The quantitative estimate of drug-likeness (QED) is 0.921. The summed E-state index contributed by atoms with van der Waals surface area (Å²) in [5.74, 6) is -0.133. The predicted octanol–water partition coefficient (Wildman–Crippen LogP) is 3.39. The fourth-order valence-electron chi connectivity index (χ4n) is 1.47. The first-order valence-corrected chi connectivity index (χ1v) is 5.79. The second-order valence-electron chi connectivity index (χ2n) is 3.72. The lowest BCUT2D eigenvalue weighted by Crippen LogP contribution is -2.04. The van der Waals surface area contributed by atoms with Crippen LogP contribution in [0.3, 0.4) is 0 Å². The van der Waals surface area contributed by atoms with Crippen molar-refractivity contribution >= 4 is 11.6 Å². The van der Waals surface area contributed by atoms with Crippen molar-refractivity contribution in [2.45, 2.75) is 6.54 Å². The summed E-state index contributed by atoms with van der Waals surface area (Å²) in [6.45, 7) is 0.772. The van der Waals surface area contributed by atoms with Crippen LogP contribution in [0, 0.1) is 5.82 Å². The summed E-state index contributed by atoms with van der Waals surface area (Å²) < 4.78 is 18.8. The highest BCUT2D eigenvalue weighted by Crippen LogP contribution is 2.24. The summed E-state index contributed by atoms with van der Waals surface area (Å²) in [5, 5.41) is 3.28. The Morgan fingerprint density at radius 2 is 2.06 bits per heavy atom. The molecule has 1 N–H and O–H groups in total. The number of hydrogen-bond acceptors (Lipinski definition) is 3. The first-order valence-electron chi connectivity index (χ1n) is 5.41. The molecule has 0 saturated carbocycles. The van der Waals surface area contributed by atoms with Crippen molar-refractivity contribution in [2.24, 2.45) is 0 Å². The van der Waals surface area contributed by atoms with Crippen LogP contribution in [0.4, 0.5) is 4.39 Å². The van der Waals surface area contributed by atoms with Crippen LogP contribution >= 0.6 is 11.6 Å². The zero-order chi connectivity index (χ0) is 13.0. The molecular weight excluding hydrogens is 255 g/mol. The van der Waals surface area contributed by atoms with Gasteiger partial charge in [-0.1, -0.05) is 23.7 Å². The molecule has 0 aliphatic carbocycles. The summed E-state index contributed by atoms with van der Waals surface area (Å²) >= 11 is 5.61. The van der Waals surface area contributed by atoms with Gasteiger partial charge in [-0.3, -0.25) is 0 Å². The highest BCUT2D eigenvalue weighted by molar-refractivity contribution is 6.30. The van der Waals surface area contributed by atoms with Gasteiger partial charge in [0.15, 0.2) is 5.82 Å². The molecule has 3 nitrogen and oxygen atoms in total. The van der Waals surface area contributed by atoms with Crippen LogP contribution in [0.25, 0.3) is 0 Å². The molecule has 0 amide bonds. The van der Waals surface area contributed by atoms with Crippen molar-refractivity contribution in [3.05, 3.63) is 52.9 Å². The van der Waals surface area contributed by atoms with E-state index in [1.165, 1.54) is 12.3 Å². The number of ether oxygens (including phenoxy) is 1. The molecule has 0 fully saturated rings. The molecule has 2 aromatic rings. The summed E-state index contributed by atoms with van der Waals surface area (Å²) in [6.07, 6.45) is 1.34. The largest absolute Gasteiger partial charge is 0.436 e. The third kappa shape index (κ3) is 3.18. The Kier molecular flexibility index (Phi) is 4.12. The van der Waals surface area contributed by atoms with Crippen molar-refractivity contribution in [2.75, 3.05) is 7.05 Å². The second-order valence-corrected chi connectivity index (χ2v) is 4.15. The van der Waals surface area contributed by atoms with Crippen LogP contribution in [-0.4, -0.2) is 12.0 Å². The van der Waals surface area contributed by atoms with Gasteiger partial charge in [0.1, 0.15) is 5.75 Å². The van der Waals surface area contributed by atoms with Crippen LogP contribution in [0.1, 0.15) is 5.56 Å². The molecule has 2 rings (SSSR count). The third-order valence-electron chi connectivity index (χ3n) is 2.29. The Morgan fingerprint density at radius 1 is 1.33 bits per heavy atom. The van der Waals surface area contributed by atoms with Gasteiger partial charge in [0.05, 0.1) is 5.02 Å². The van der Waals surface area contributed by atoms with Gasteiger partial charge in [-0.15, -0.1) is 0 Å². The minimum absolute atomic E-state index is 0.0826. The number of hydrogen-bond donors (Lipinski definition) is 1. The maximum Gasteiger partial charge on any atom is 0.255 e. The smallest absolute Gasteiger partial charge is 0.255 e. The molecule has 1 aromatic carbocycles. The van der Waals surface area contributed by atoms with E-state index in [4.69, 9.17) is 16.3 Å². The predicted molar refractivity (Wildman–Crippen MR) is 68.5 cm³/mol. The van der Waals surface area contributed by atoms with Crippen LogP contribution in [0.2, 0.25) is 5.02 Å². The monoisotopic (exact) mass is 266 g/mol. The maximum atomic E-state index is 13.5. The summed E-state index contributed by atoms with van der Waals surface area (Å²) in [7, 11) is 1.87. The van der Waals surface area contributed by atoms with Gasteiger partial charge in [-0.05, 0) is 30.8 Å². The summed E-state index contributed by atoms with van der Waals surface area (Å²) in [4.78, 5) is 3.79. The zero-order valence-electron chi connectivity index (χ0n) is 9.78. The topological polar surface area (TPSA) is 34.1 Å². The standard InChI is InChI=1S/C13H12ClFN2O/c1-16-7-9-2-4-11(5-3-9)18-13-12(15)6-10(14)8-17-13/h2-6,8,16H,7H2,1H3. The molecule has 94 valence electrons. The number of pyridine rings is 1. The normalized spacial score (nSPS) is 10.4. The number of nitrogens with zero attached hydrogens (tertiary/aromatic N) is 1. The van der Waals surface area contributed by atoms with Crippen LogP contribution < -0.4 is 10.1 Å². The van der Waals surface area contributed by atoms with Crippen LogP contribution in [-0.2, 0) is 6.54 Å². The number of benzene rings is 1. The third-order valence-corrected chi connectivity index (χ3v) is 2.50. The van der Waals surface area contributed by atoms with E-state index in [0.717, 1.165) is 12.1 Å². The molecular formula is C13H12ClFN2O. The highest BCUT2D eigenvalue weighted by atomic mass is 35.5. The van der Waals surface area contributed by atoms with E-state index in [1.54, 1.807) is 12.1 Å². The Labute approximate surface area is 110 Å². The van der Waals surface area contributed by atoms with E-state index < -0.39 is 5.82 Å². The summed E-state index contributed by atoms with van der Waals surface area (Å²) in [6, 6.07) is 8.50. The lowest BCUT2D eigenvalue weighted by atomic mass is 10.2. The van der Waals surface area contributed by atoms with Crippen molar-refractivity contribution in [1.29, 1.82) is 0 Å². The lowest BCUT2D eigenvalue weighted by Gasteiger charge is -2.06. The Morgan fingerprint density at radius 3 is 2.67 bits per heavy atom. The van der Waals surface area contributed by atoms with Crippen molar-refractivity contribution in [1.82, 2.24) is 10.3 Å². The molecule has 0 aliphatic heterocycles. The Bertz CT molecular complexity index is 531. The van der Waals surface area contributed by atoms with Crippen LogP contribution in [0.15, 0.2) is 36.5 Å². The SMILES string of the molecule is CNCc1ccc(Oc2ncc(Cl)cc2F)cc1.